The van der Waals surface area contributed by atoms with E-state index < -0.39 is 45.2 Å². The van der Waals surface area contributed by atoms with E-state index in [2.05, 4.69) is 36.0 Å². The van der Waals surface area contributed by atoms with Gasteiger partial charge in [-0.2, -0.15) is 4.98 Å². The zero-order chi connectivity index (χ0) is 41.6. The number of hydrogen-bond donors (Lipinski definition) is 5. The minimum absolute atomic E-state index is 0.0369. The van der Waals surface area contributed by atoms with Gasteiger partial charge in [-0.1, -0.05) is 12.1 Å². The molecule has 5 amide bonds. The average Bonchev–Trinajstić information content (AvgIpc) is 3.29. The second-order valence-electron chi connectivity index (χ2n) is 15.1. The maximum absolute atomic E-state index is 13.4. The van der Waals surface area contributed by atoms with E-state index in [0.717, 1.165) is 16.2 Å². The first kappa shape index (κ1) is 41.4. The van der Waals surface area contributed by atoms with Crippen molar-refractivity contribution < 1.29 is 37.1 Å². The Morgan fingerprint density at radius 1 is 0.931 bits per heavy atom. The molecular formula is C41H46N8O8S. The lowest BCUT2D eigenvalue weighted by Crippen LogP contribution is -2.49. The number of benzene rings is 3. The fraction of sp³-hybridized carbons (Fsp3) is 0.341. The molecule has 304 valence electrons. The maximum atomic E-state index is 13.4. The third-order valence-corrected chi connectivity index (χ3v) is 11.0. The van der Waals surface area contributed by atoms with Gasteiger partial charge in [-0.15, -0.1) is 0 Å². The Labute approximate surface area is 336 Å². The van der Waals surface area contributed by atoms with Gasteiger partial charge in [-0.3, -0.25) is 34.2 Å². The third-order valence-electron chi connectivity index (χ3n) is 9.23. The molecule has 1 fully saturated rings. The lowest BCUT2D eigenvalue weighted by Gasteiger charge is -2.23. The molecule has 0 bridgehead atoms. The van der Waals surface area contributed by atoms with Crippen molar-refractivity contribution in [3.63, 3.8) is 0 Å². The first-order chi connectivity index (χ1) is 27.6. The molecule has 5 N–H and O–H groups in total. The monoisotopic (exact) mass is 810 g/mol. The van der Waals surface area contributed by atoms with Crippen LogP contribution >= 0.6 is 0 Å². The van der Waals surface area contributed by atoms with Gasteiger partial charge in [0.25, 0.3) is 11.8 Å². The van der Waals surface area contributed by atoms with Crippen LogP contribution in [0.3, 0.4) is 0 Å². The summed E-state index contributed by atoms with van der Waals surface area (Å²) >= 11 is 0. The number of nitrogens with zero attached hydrogens (tertiary/aromatic N) is 3. The molecule has 1 saturated heterocycles. The topological polar surface area (TPSA) is 218 Å². The van der Waals surface area contributed by atoms with Gasteiger partial charge in [0.05, 0.1) is 28.3 Å². The molecule has 0 spiro atoms. The van der Waals surface area contributed by atoms with Gasteiger partial charge >= 0.3 is 0 Å². The molecule has 2 aliphatic rings. The quantitative estimate of drug-likeness (QED) is 0.0720. The molecule has 6 rings (SSSR count). The van der Waals surface area contributed by atoms with Crippen LogP contribution in [0.25, 0.3) is 0 Å². The van der Waals surface area contributed by atoms with E-state index in [-0.39, 0.29) is 46.9 Å². The summed E-state index contributed by atoms with van der Waals surface area (Å²) in [5.41, 5.74) is 1.75. The van der Waals surface area contributed by atoms with Gasteiger partial charge in [0.15, 0.2) is 0 Å². The highest BCUT2D eigenvalue weighted by atomic mass is 32.2. The van der Waals surface area contributed by atoms with E-state index in [4.69, 9.17) is 4.74 Å². The van der Waals surface area contributed by atoms with E-state index in [1.807, 2.05) is 31.2 Å². The van der Waals surface area contributed by atoms with Crippen LogP contribution in [-0.2, 0) is 24.4 Å². The van der Waals surface area contributed by atoms with Crippen molar-refractivity contribution in [2.24, 2.45) is 0 Å². The third kappa shape index (κ3) is 10.2. The summed E-state index contributed by atoms with van der Waals surface area (Å²) in [6.07, 6.45) is 4.47. The van der Waals surface area contributed by atoms with Crippen LogP contribution in [-0.4, -0.2) is 71.0 Å². The molecule has 0 aliphatic carbocycles. The number of nitrogens with one attached hydrogen (secondary N) is 5. The molecule has 3 heterocycles. The number of imide groups is 2. The van der Waals surface area contributed by atoms with Gasteiger partial charge in [0.1, 0.15) is 17.6 Å². The predicted molar refractivity (Wildman–Crippen MR) is 217 cm³/mol. The number of ether oxygens (including phenoxy) is 1. The van der Waals surface area contributed by atoms with Crippen LogP contribution < -0.4 is 30.7 Å². The minimum Gasteiger partial charge on any atom is -0.494 e. The fourth-order valence-electron chi connectivity index (χ4n) is 6.51. The SMILES string of the molecule is Cc1cnc(Nc2ccc(OCCCCCC(=O)Nc3cccc4c3C(=O)N([C@H]3CCCC(=O)NC3=O)C4=O)cc2)nc1Nc1cccc(S(=O)(=O)NC(C)(C)C)c1. The minimum atomic E-state index is -3.72. The molecule has 4 aromatic rings. The Kier molecular flexibility index (Phi) is 12.5. The van der Waals surface area contributed by atoms with Crippen molar-refractivity contribution in [2.45, 2.75) is 89.1 Å². The first-order valence-corrected chi connectivity index (χ1v) is 20.5. The summed E-state index contributed by atoms with van der Waals surface area (Å²) in [6.45, 7) is 7.62. The van der Waals surface area contributed by atoms with E-state index in [1.165, 1.54) is 12.1 Å². The smallest absolute Gasteiger partial charge is 0.264 e. The number of carbonyl (C=O) groups excluding carboxylic acids is 5. The van der Waals surface area contributed by atoms with Gasteiger partial charge in [-0.25, -0.2) is 18.1 Å². The predicted octanol–water partition coefficient (Wildman–Crippen LogP) is 5.72. The van der Waals surface area contributed by atoms with Crippen molar-refractivity contribution in [1.29, 1.82) is 0 Å². The van der Waals surface area contributed by atoms with E-state index in [0.29, 0.717) is 55.5 Å². The second-order valence-corrected chi connectivity index (χ2v) is 16.8. The molecule has 1 aromatic heterocycles. The first-order valence-electron chi connectivity index (χ1n) is 19.0. The molecule has 0 unspecified atom stereocenters. The van der Waals surface area contributed by atoms with Crippen molar-refractivity contribution in [2.75, 3.05) is 22.6 Å². The largest absolute Gasteiger partial charge is 0.494 e. The Balaban J connectivity index is 0.942. The number of aryl methyl sites for hydroxylation is 1. The van der Waals surface area contributed by atoms with Crippen LogP contribution in [0.2, 0.25) is 0 Å². The lowest BCUT2D eigenvalue weighted by molar-refractivity contribution is -0.131. The van der Waals surface area contributed by atoms with E-state index in [9.17, 15) is 32.4 Å². The second kappa shape index (κ2) is 17.5. The summed E-state index contributed by atoms with van der Waals surface area (Å²) in [5, 5.41) is 11.4. The van der Waals surface area contributed by atoms with Crippen molar-refractivity contribution in [3.05, 3.63) is 89.6 Å². The maximum Gasteiger partial charge on any atom is 0.264 e. The summed E-state index contributed by atoms with van der Waals surface area (Å²) < 4.78 is 34.2. The standard InChI is InChI=1S/C41H46N8O8S/c1-25-24-42-40(47-36(25)43-27-11-8-12-29(23-27)58(55,56)48-41(2,3)4)44-26-18-20-28(21-19-26)57-22-7-5-6-16-33(50)45-31-14-9-13-30-35(31)39(54)49(38(30)53)32-15-10-17-34(51)46-37(32)52/h8-9,11-14,18-21,23-24,32,48H,5-7,10,15-17,22H2,1-4H3,(H,45,50)(H,46,51,52)(H2,42,43,44,47)/t32-/m0/s1. The Morgan fingerprint density at radius 2 is 1.69 bits per heavy atom. The van der Waals surface area contributed by atoms with Crippen molar-refractivity contribution in [3.8, 4) is 5.75 Å². The molecule has 0 radical (unpaired) electrons. The van der Waals surface area contributed by atoms with Crippen LogP contribution in [0.4, 0.5) is 28.8 Å². The molecule has 0 saturated carbocycles. The van der Waals surface area contributed by atoms with Crippen LogP contribution in [0.1, 0.15) is 92.0 Å². The Hall–Kier alpha value is -6.20. The average molecular weight is 811 g/mol. The molecule has 17 heteroatoms. The number of hydrogen-bond acceptors (Lipinski definition) is 12. The highest BCUT2D eigenvalue weighted by molar-refractivity contribution is 7.89. The number of amides is 5. The number of carbonyl (C=O) groups is 5. The summed E-state index contributed by atoms with van der Waals surface area (Å²) in [6, 6.07) is 17.3. The highest BCUT2D eigenvalue weighted by Crippen LogP contribution is 2.33. The summed E-state index contributed by atoms with van der Waals surface area (Å²) in [4.78, 5) is 73.8. The number of anilines is 5. The molecular weight excluding hydrogens is 765 g/mol. The summed E-state index contributed by atoms with van der Waals surface area (Å²) in [5.74, 6) is -1.26. The zero-order valence-corrected chi connectivity index (χ0v) is 33.5. The lowest BCUT2D eigenvalue weighted by atomic mass is 10.1. The van der Waals surface area contributed by atoms with E-state index >= 15 is 0 Å². The van der Waals surface area contributed by atoms with Crippen LogP contribution in [0.5, 0.6) is 5.75 Å². The van der Waals surface area contributed by atoms with Crippen molar-refractivity contribution in [1.82, 2.24) is 24.9 Å². The van der Waals surface area contributed by atoms with Crippen LogP contribution in [0.15, 0.2) is 77.8 Å². The number of unbranched alkanes of at least 4 members (excludes halogenated alkanes) is 2. The number of aromatic nitrogens is 2. The van der Waals surface area contributed by atoms with Gasteiger partial charge < -0.3 is 20.7 Å². The van der Waals surface area contributed by atoms with Gasteiger partial charge in [-0.05, 0) is 114 Å². The molecule has 58 heavy (non-hydrogen) atoms. The normalized spacial score (nSPS) is 15.7. The van der Waals surface area contributed by atoms with Crippen LogP contribution in [0, 0.1) is 6.92 Å². The molecule has 3 aromatic carbocycles. The number of sulfonamides is 1. The molecule has 2 aliphatic heterocycles. The Bertz CT molecular complexity index is 2340. The Morgan fingerprint density at radius 3 is 2.45 bits per heavy atom. The van der Waals surface area contributed by atoms with E-state index in [1.54, 1.807) is 57.3 Å². The zero-order valence-electron chi connectivity index (χ0n) is 32.7. The highest BCUT2D eigenvalue weighted by Gasteiger charge is 2.45. The van der Waals surface area contributed by atoms with Gasteiger partial charge in [0, 0.05) is 41.5 Å². The summed E-state index contributed by atoms with van der Waals surface area (Å²) in [7, 11) is -3.72. The van der Waals surface area contributed by atoms with Crippen molar-refractivity contribution >= 4 is 68.4 Å². The number of fused-ring (bicyclic) bond motifs is 1. The number of rotatable bonds is 15. The fourth-order valence-corrected chi connectivity index (χ4v) is 7.97. The molecule has 16 nitrogen and oxygen atoms in total. The molecule has 1 atom stereocenters. The van der Waals surface area contributed by atoms with Gasteiger partial charge in [0.2, 0.25) is 33.7 Å².